The minimum absolute atomic E-state index is 0.0513. The Labute approximate surface area is 124 Å². The fourth-order valence-corrected chi connectivity index (χ4v) is 3.33. The van der Waals surface area contributed by atoms with E-state index in [9.17, 15) is 4.79 Å². The van der Waals surface area contributed by atoms with E-state index in [1.165, 1.54) is 16.8 Å². The normalized spacial score (nSPS) is 18.2. The number of carbonyl (C=O) groups is 1. The van der Waals surface area contributed by atoms with Crippen LogP contribution in [-0.2, 0) is 0 Å². The first-order chi connectivity index (χ1) is 9.35. The monoisotopic (exact) mass is 292 g/mol. The third-order valence-electron chi connectivity index (χ3n) is 3.20. The van der Waals surface area contributed by atoms with Crippen LogP contribution >= 0.6 is 11.8 Å². The number of rotatable bonds is 3. The molecule has 4 nitrogen and oxygen atoms in total. The summed E-state index contributed by atoms with van der Waals surface area (Å²) in [6.45, 7) is 8.28. The van der Waals surface area contributed by atoms with Crippen molar-refractivity contribution in [3.63, 3.8) is 0 Å². The molecule has 0 saturated carbocycles. The Hall–Kier alpha value is -1.49. The van der Waals surface area contributed by atoms with E-state index >= 15 is 0 Å². The van der Waals surface area contributed by atoms with Crippen molar-refractivity contribution in [3.8, 4) is 5.75 Å². The molecule has 0 saturated heterocycles. The molecule has 108 valence electrons. The predicted molar refractivity (Wildman–Crippen MR) is 84.8 cm³/mol. The second-order valence-corrected chi connectivity index (χ2v) is 7.10. The first-order valence-electron chi connectivity index (χ1n) is 6.61. The highest BCUT2D eigenvalue weighted by Gasteiger charge is 2.38. The predicted octanol–water partition coefficient (Wildman–Crippen LogP) is 4.16. The number of hydrogen-bond acceptors (Lipinski definition) is 4. The van der Waals surface area contributed by atoms with Crippen LogP contribution in [0.5, 0.6) is 5.75 Å². The second kappa shape index (κ2) is 5.48. The summed E-state index contributed by atoms with van der Waals surface area (Å²) in [5.74, 6) is 1.06. The fourth-order valence-electron chi connectivity index (χ4n) is 2.28. The van der Waals surface area contributed by atoms with Crippen molar-refractivity contribution in [2.75, 3.05) is 12.1 Å². The van der Waals surface area contributed by atoms with Gasteiger partial charge in [-0.05, 0) is 44.0 Å². The standard InChI is InChI=1S/C15H20N2O2S/c1-10(2)13-15(3,4)20-14(18)17(16-13)11-6-8-12(19-5)9-7-11/h6-10H,1-5H3. The number of amides is 1. The van der Waals surface area contributed by atoms with Gasteiger partial charge >= 0.3 is 5.24 Å². The van der Waals surface area contributed by atoms with E-state index < -0.39 is 0 Å². The molecular weight excluding hydrogens is 272 g/mol. The molecule has 0 N–H and O–H groups in total. The van der Waals surface area contributed by atoms with Gasteiger partial charge in [0.05, 0.1) is 23.3 Å². The highest BCUT2D eigenvalue weighted by Crippen LogP contribution is 2.37. The average Bonchev–Trinajstić information content (AvgIpc) is 2.37. The third kappa shape index (κ3) is 2.82. The van der Waals surface area contributed by atoms with Crippen LogP contribution in [0.25, 0.3) is 0 Å². The van der Waals surface area contributed by atoms with Crippen molar-refractivity contribution >= 4 is 28.4 Å². The van der Waals surface area contributed by atoms with E-state index in [0.717, 1.165) is 17.1 Å². The molecule has 0 fully saturated rings. The average molecular weight is 292 g/mol. The maximum Gasteiger partial charge on any atom is 0.307 e. The number of methoxy groups -OCH3 is 1. The summed E-state index contributed by atoms with van der Waals surface area (Å²) in [5.41, 5.74) is 1.79. The van der Waals surface area contributed by atoms with Crippen LogP contribution in [0.15, 0.2) is 29.4 Å². The van der Waals surface area contributed by atoms with Crippen molar-refractivity contribution in [2.45, 2.75) is 32.4 Å². The van der Waals surface area contributed by atoms with E-state index in [4.69, 9.17) is 4.74 Å². The molecule has 1 aromatic rings. The number of anilines is 1. The Morgan fingerprint density at radius 2 is 1.85 bits per heavy atom. The number of ether oxygens (including phenoxy) is 1. The van der Waals surface area contributed by atoms with E-state index in [1.807, 2.05) is 38.1 Å². The Kier molecular flexibility index (Phi) is 4.09. The van der Waals surface area contributed by atoms with E-state index in [0.29, 0.717) is 5.92 Å². The zero-order valence-corrected chi connectivity index (χ0v) is 13.3. The molecule has 0 spiro atoms. The van der Waals surface area contributed by atoms with Gasteiger partial charge in [-0.25, -0.2) is 0 Å². The molecule has 0 aromatic heterocycles. The molecule has 1 aromatic carbocycles. The summed E-state index contributed by atoms with van der Waals surface area (Å²) >= 11 is 1.32. The maximum absolute atomic E-state index is 12.3. The molecule has 20 heavy (non-hydrogen) atoms. The van der Waals surface area contributed by atoms with E-state index in [2.05, 4.69) is 18.9 Å². The van der Waals surface area contributed by atoms with E-state index in [-0.39, 0.29) is 9.99 Å². The van der Waals surface area contributed by atoms with Gasteiger partial charge in [-0.2, -0.15) is 10.1 Å². The van der Waals surface area contributed by atoms with Gasteiger partial charge in [0.2, 0.25) is 0 Å². The second-order valence-electron chi connectivity index (χ2n) is 5.53. The Morgan fingerprint density at radius 1 is 1.25 bits per heavy atom. The van der Waals surface area contributed by atoms with Crippen LogP contribution in [0.1, 0.15) is 27.7 Å². The lowest BCUT2D eigenvalue weighted by Gasteiger charge is -2.35. The lowest BCUT2D eigenvalue weighted by molar-refractivity contribution is 0.264. The van der Waals surface area contributed by atoms with Gasteiger partial charge in [0, 0.05) is 0 Å². The summed E-state index contributed by atoms with van der Waals surface area (Å²) in [5, 5.41) is 6.01. The van der Waals surface area contributed by atoms with Crippen molar-refractivity contribution in [3.05, 3.63) is 24.3 Å². The molecule has 0 aliphatic carbocycles. The first-order valence-corrected chi connectivity index (χ1v) is 7.43. The molecular formula is C15H20N2O2S. The van der Waals surface area contributed by atoms with Crippen LogP contribution in [0.3, 0.4) is 0 Å². The highest BCUT2D eigenvalue weighted by atomic mass is 32.2. The Balaban J connectivity index is 2.39. The molecule has 5 heteroatoms. The quantitative estimate of drug-likeness (QED) is 0.840. The summed E-state index contributed by atoms with van der Waals surface area (Å²) in [6.07, 6.45) is 0. The third-order valence-corrected chi connectivity index (χ3v) is 4.27. The molecule has 0 unspecified atom stereocenters. The fraction of sp³-hybridized carbons (Fsp3) is 0.467. The first kappa shape index (κ1) is 14.9. The Morgan fingerprint density at radius 3 is 2.35 bits per heavy atom. The van der Waals surface area contributed by atoms with Gasteiger partial charge in [-0.3, -0.25) is 4.79 Å². The van der Waals surface area contributed by atoms with Crippen molar-refractivity contribution in [2.24, 2.45) is 11.0 Å². The molecule has 2 rings (SSSR count). The largest absolute Gasteiger partial charge is 0.497 e. The number of thioether (sulfide) groups is 1. The number of hydrogen-bond donors (Lipinski definition) is 0. The Bertz CT molecular complexity index is 535. The minimum Gasteiger partial charge on any atom is -0.497 e. The van der Waals surface area contributed by atoms with Crippen molar-refractivity contribution in [1.82, 2.24) is 0 Å². The summed E-state index contributed by atoms with van der Waals surface area (Å²) in [7, 11) is 1.62. The molecule has 1 aliphatic rings. The molecule has 0 bridgehead atoms. The molecule has 1 heterocycles. The van der Waals surface area contributed by atoms with Gasteiger partial charge in [-0.15, -0.1) is 0 Å². The molecule has 1 amide bonds. The van der Waals surface area contributed by atoms with Gasteiger partial charge in [0.25, 0.3) is 0 Å². The lowest BCUT2D eigenvalue weighted by Crippen LogP contribution is -2.43. The number of benzene rings is 1. The molecule has 0 radical (unpaired) electrons. The number of hydrazone groups is 1. The zero-order valence-electron chi connectivity index (χ0n) is 12.5. The maximum atomic E-state index is 12.3. The van der Waals surface area contributed by atoms with Crippen LogP contribution in [0.4, 0.5) is 10.5 Å². The lowest BCUT2D eigenvalue weighted by atomic mass is 9.96. The van der Waals surface area contributed by atoms with Crippen LogP contribution < -0.4 is 9.75 Å². The van der Waals surface area contributed by atoms with Gasteiger partial charge < -0.3 is 4.74 Å². The minimum atomic E-state index is -0.256. The highest BCUT2D eigenvalue weighted by molar-refractivity contribution is 8.15. The smallest absolute Gasteiger partial charge is 0.307 e. The van der Waals surface area contributed by atoms with Crippen molar-refractivity contribution in [1.29, 1.82) is 0 Å². The van der Waals surface area contributed by atoms with Gasteiger partial charge in [0.15, 0.2) is 0 Å². The van der Waals surface area contributed by atoms with Gasteiger partial charge in [0.1, 0.15) is 5.75 Å². The van der Waals surface area contributed by atoms with Crippen LogP contribution in [0, 0.1) is 5.92 Å². The number of nitrogens with zero attached hydrogens (tertiary/aromatic N) is 2. The van der Waals surface area contributed by atoms with Crippen molar-refractivity contribution < 1.29 is 9.53 Å². The van der Waals surface area contributed by atoms with Crippen LogP contribution in [-0.4, -0.2) is 22.8 Å². The zero-order chi connectivity index (χ0) is 14.9. The van der Waals surface area contributed by atoms with E-state index in [1.54, 1.807) is 7.11 Å². The summed E-state index contributed by atoms with van der Waals surface area (Å²) in [6, 6.07) is 7.35. The summed E-state index contributed by atoms with van der Waals surface area (Å²) in [4.78, 5) is 12.3. The van der Waals surface area contributed by atoms with Gasteiger partial charge in [-0.1, -0.05) is 25.6 Å². The SMILES string of the molecule is COc1ccc(N2N=C(C(C)C)C(C)(C)SC2=O)cc1. The molecule has 1 aliphatic heterocycles. The molecule has 0 atom stereocenters. The van der Waals surface area contributed by atoms with Crippen LogP contribution in [0.2, 0.25) is 0 Å². The number of carbonyl (C=O) groups excluding carboxylic acids is 1. The topological polar surface area (TPSA) is 41.9 Å². The summed E-state index contributed by atoms with van der Waals surface area (Å²) < 4.78 is 4.88.